The number of amides is 1. The van der Waals surface area contributed by atoms with Gasteiger partial charge in [-0.1, -0.05) is 37.1 Å². The average molecular weight is 419 g/mol. The van der Waals surface area contributed by atoms with Crippen molar-refractivity contribution in [3.05, 3.63) is 48.0 Å². The van der Waals surface area contributed by atoms with Gasteiger partial charge in [-0.15, -0.1) is 0 Å². The fraction of sp³-hybridized carbons (Fsp3) is 0.519. The summed E-state index contributed by atoms with van der Waals surface area (Å²) in [4.78, 5) is 16.9. The first-order chi connectivity index (χ1) is 15.2. The van der Waals surface area contributed by atoms with Crippen molar-refractivity contribution in [1.82, 2.24) is 9.47 Å². The molecule has 3 aromatic rings. The van der Waals surface area contributed by atoms with E-state index < -0.39 is 0 Å². The van der Waals surface area contributed by atoms with E-state index >= 15 is 0 Å². The quantitative estimate of drug-likeness (QED) is 0.682. The predicted molar refractivity (Wildman–Crippen MR) is 127 cm³/mol. The largest absolute Gasteiger partial charge is 0.342 e. The van der Waals surface area contributed by atoms with Gasteiger partial charge < -0.3 is 14.4 Å². The standard InChI is InChI=1S/C27H35N3O/c1-2-30-25-12-6-5-11-23(25)24-18-21(13-14-26(24)30)19-28-15-9-10-22(20-28)27(31)29-16-7-3-4-8-17-29/h5-6,11-14,18,22H,2-4,7-10,15-17,19-20H2,1H3/p+1. The van der Waals surface area contributed by atoms with E-state index in [4.69, 9.17) is 0 Å². The Morgan fingerprint density at radius 3 is 2.55 bits per heavy atom. The monoisotopic (exact) mass is 418 g/mol. The first-order valence-electron chi connectivity index (χ1n) is 12.4. The molecule has 1 aromatic heterocycles. The van der Waals surface area contributed by atoms with E-state index in [-0.39, 0.29) is 5.92 Å². The summed E-state index contributed by atoms with van der Waals surface area (Å²) in [5.41, 5.74) is 4.05. The molecule has 2 saturated heterocycles. The number of carbonyl (C=O) groups is 1. The highest BCUT2D eigenvalue weighted by Gasteiger charge is 2.32. The number of hydrogen-bond donors (Lipinski definition) is 1. The van der Waals surface area contributed by atoms with Crippen LogP contribution in [0, 0.1) is 5.92 Å². The van der Waals surface area contributed by atoms with Crippen LogP contribution >= 0.6 is 0 Å². The molecule has 2 aromatic carbocycles. The van der Waals surface area contributed by atoms with Crippen molar-refractivity contribution in [3.8, 4) is 0 Å². The van der Waals surface area contributed by atoms with E-state index in [9.17, 15) is 4.79 Å². The maximum atomic E-state index is 13.2. The van der Waals surface area contributed by atoms with Crippen LogP contribution in [-0.2, 0) is 17.9 Å². The van der Waals surface area contributed by atoms with Gasteiger partial charge in [0.05, 0.1) is 19.0 Å². The minimum Gasteiger partial charge on any atom is -0.342 e. The molecule has 1 N–H and O–H groups in total. The summed E-state index contributed by atoms with van der Waals surface area (Å²) in [7, 11) is 0. The minimum absolute atomic E-state index is 0.215. The molecule has 0 aliphatic carbocycles. The lowest BCUT2D eigenvalue weighted by Crippen LogP contribution is -3.12. The molecule has 3 heterocycles. The lowest BCUT2D eigenvalue weighted by atomic mass is 9.95. The highest BCUT2D eigenvalue weighted by molar-refractivity contribution is 6.08. The van der Waals surface area contributed by atoms with Crippen LogP contribution < -0.4 is 4.90 Å². The van der Waals surface area contributed by atoms with Gasteiger partial charge in [-0.2, -0.15) is 0 Å². The number of likely N-dealkylation sites (tertiary alicyclic amines) is 2. The fourth-order valence-electron chi connectivity index (χ4n) is 5.91. The third kappa shape index (κ3) is 4.10. The Labute approximate surface area is 185 Å². The van der Waals surface area contributed by atoms with Crippen LogP contribution in [0.3, 0.4) is 0 Å². The van der Waals surface area contributed by atoms with Crippen LogP contribution in [0.5, 0.6) is 0 Å². The molecule has 4 nitrogen and oxygen atoms in total. The summed E-state index contributed by atoms with van der Waals surface area (Å²) in [6.45, 7) is 8.35. The Morgan fingerprint density at radius 1 is 0.968 bits per heavy atom. The summed E-state index contributed by atoms with van der Waals surface area (Å²) in [6.07, 6.45) is 7.16. The van der Waals surface area contributed by atoms with Crippen molar-refractivity contribution in [2.45, 2.75) is 58.5 Å². The number of aryl methyl sites for hydroxylation is 1. The van der Waals surface area contributed by atoms with Crippen molar-refractivity contribution in [3.63, 3.8) is 0 Å². The average Bonchev–Trinajstić information content (AvgIpc) is 2.94. The van der Waals surface area contributed by atoms with Crippen LogP contribution in [0.25, 0.3) is 21.8 Å². The summed E-state index contributed by atoms with van der Waals surface area (Å²) in [6, 6.07) is 15.8. The lowest BCUT2D eigenvalue weighted by Gasteiger charge is -2.32. The number of quaternary nitrogens is 1. The molecule has 0 spiro atoms. The second kappa shape index (κ2) is 9.04. The van der Waals surface area contributed by atoms with Crippen LogP contribution in [-0.4, -0.2) is 41.6 Å². The molecular weight excluding hydrogens is 382 g/mol. The Kier molecular flexibility index (Phi) is 5.99. The number of piperidine rings is 1. The van der Waals surface area contributed by atoms with Gasteiger partial charge in [-0.3, -0.25) is 4.79 Å². The smallest absolute Gasteiger partial charge is 0.231 e. The maximum Gasteiger partial charge on any atom is 0.231 e. The van der Waals surface area contributed by atoms with Gasteiger partial charge in [0.25, 0.3) is 0 Å². The topological polar surface area (TPSA) is 29.7 Å². The number of rotatable bonds is 4. The third-order valence-corrected chi connectivity index (χ3v) is 7.49. The molecule has 5 rings (SSSR count). The molecule has 0 saturated carbocycles. The highest BCUT2D eigenvalue weighted by atomic mass is 16.2. The van der Waals surface area contributed by atoms with Crippen molar-refractivity contribution < 1.29 is 9.69 Å². The summed E-state index contributed by atoms with van der Waals surface area (Å²) >= 11 is 0. The van der Waals surface area contributed by atoms with Gasteiger partial charge in [0.2, 0.25) is 5.91 Å². The van der Waals surface area contributed by atoms with E-state index in [0.717, 1.165) is 45.6 Å². The first kappa shape index (κ1) is 20.6. The fourth-order valence-corrected chi connectivity index (χ4v) is 5.91. The second-order valence-corrected chi connectivity index (χ2v) is 9.57. The molecule has 0 bridgehead atoms. The van der Waals surface area contributed by atoms with Gasteiger partial charge in [-0.05, 0) is 50.8 Å². The number of aromatic nitrogens is 1. The highest BCUT2D eigenvalue weighted by Crippen LogP contribution is 2.29. The number of benzene rings is 2. The molecule has 1 amide bonds. The van der Waals surface area contributed by atoms with E-state index in [1.54, 1.807) is 4.90 Å². The number of nitrogens with zero attached hydrogens (tertiary/aromatic N) is 2. The molecule has 2 unspecified atom stereocenters. The number of para-hydroxylation sites is 1. The number of nitrogens with one attached hydrogen (secondary N) is 1. The van der Waals surface area contributed by atoms with Crippen LogP contribution in [0.1, 0.15) is 51.0 Å². The van der Waals surface area contributed by atoms with Crippen LogP contribution in [0.2, 0.25) is 0 Å². The molecule has 2 atom stereocenters. The number of hydrogen-bond acceptors (Lipinski definition) is 1. The van der Waals surface area contributed by atoms with Crippen molar-refractivity contribution in [1.29, 1.82) is 0 Å². The van der Waals surface area contributed by atoms with E-state index in [1.165, 1.54) is 59.6 Å². The Bertz CT molecular complexity index is 1060. The van der Waals surface area contributed by atoms with Crippen LogP contribution in [0.4, 0.5) is 0 Å². The zero-order valence-corrected chi connectivity index (χ0v) is 18.9. The van der Waals surface area contributed by atoms with Gasteiger partial charge in [0.1, 0.15) is 6.54 Å². The first-order valence-corrected chi connectivity index (χ1v) is 12.4. The molecule has 2 fully saturated rings. The Morgan fingerprint density at radius 2 is 1.74 bits per heavy atom. The van der Waals surface area contributed by atoms with E-state index in [0.29, 0.717) is 5.91 Å². The molecular formula is C27H36N3O+. The van der Waals surface area contributed by atoms with Crippen molar-refractivity contribution in [2.24, 2.45) is 5.92 Å². The second-order valence-electron chi connectivity index (χ2n) is 9.57. The molecule has 2 aliphatic heterocycles. The zero-order valence-electron chi connectivity index (χ0n) is 18.9. The van der Waals surface area contributed by atoms with Gasteiger partial charge >= 0.3 is 0 Å². The number of carbonyl (C=O) groups excluding carboxylic acids is 1. The molecule has 2 aliphatic rings. The summed E-state index contributed by atoms with van der Waals surface area (Å²) in [5, 5.41) is 2.72. The normalized spacial score (nSPS) is 22.7. The maximum absolute atomic E-state index is 13.2. The molecule has 4 heteroatoms. The van der Waals surface area contributed by atoms with Gasteiger partial charge in [0, 0.05) is 47.0 Å². The Hall–Kier alpha value is -2.33. The van der Waals surface area contributed by atoms with Crippen LogP contribution in [0.15, 0.2) is 42.5 Å². The summed E-state index contributed by atoms with van der Waals surface area (Å²) in [5.74, 6) is 0.646. The lowest BCUT2D eigenvalue weighted by molar-refractivity contribution is -0.921. The van der Waals surface area contributed by atoms with Crippen molar-refractivity contribution in [2.75, 3.05) is 26.2 Å². The van der Waals surface area contributed by atoms with Gasteiger partial charge in [-0.25, -0.2) is 0 Å². The van der Waals surface area contributed by atoms with E-state index in [2.05, 4.69) is 58.9 Å². The Balaban J connectivity index is 1.33. The summed E-state index contributed by atoms with van der Waals surface area (Å²) < 4.78 is 2.41. The van der Waals surface area contributed by atoms with Gasteiger partial charge in [0.15, 0.2) is 0 Å². The predicted octanol–water partition coefficient (Wildman–Crippen LogP) is 4.01. The SMILES string of the molecule is CCn1c2ccccc2c2cc(C[NH+]3CCCC(C(=O)N4CCCCCC4)C3)ccc21. The van der Waals surface area contributed by atoms with Crippen molar-refractivity contribution >= 4 is 27.7 Å². The minimum atomic E-state index is 0.215. The molecule has 31 heavy (non-hydrogen) atoms. The molecule has 164 valence electrons. The van der Waals surface area contributed by atoms with E-state index in [1.807, 2.05) is 0 Å². The third-order valence-electron chi connectivity index (χ3n) is 7.49. The zero-order chi connectivity index (χ0) is 21.2. The number of fused-ring (bicyclic) bond motifs is 3. The molecule has 0 radical (unpaired) electrons.